The van der Waals surface area contributed by atoms with E-state index in [1.54, 1.807) is 0 Å². The number of hydrogen-bond acceptors (Lipinski definition) is 9. The summed E-state index contributed by atoms with van der Waals surface area (Å²) in [6.07, 6.45) is -0.219. The molecule has 12 heteroatoms. The van der Waals surface area contributed by atoms with Crippen molar-refractivity contribution in [3.05, 3.63) is 38.9 Å². The van der Waals surface area contributed by atoms with Crippen LogP contribution >= 0.6 is 11.8 Å². The molecule has 2 aliphatic rings. The topological polar surface area (TPSA) is 179 Å². The number of Topliss-reactive ketones (excluding diaryl/α,β-unsaturated/α-hetero) is 2. The van der Waals surface area contributed by atoms with Crippen LogP contribution in [0.2, 0.25) is 0 Å². The maximum absolute atomic E-state index is 13.6. The number of amides is 1. The van der Waals surface area contributed by atoms with Crippen molar-refractivity contribution >= 4 is 41.2 Å². The Morgan fingerprint density at radius 2 is 1.87 bits per heavy atom. The molecule has 1 heterocycles. The predicted molar refractivity (Wildman–Crippen MR) is 138 cm³/mol. The van der Waals surface area contributed by atoms with Crippen LogP contribution in [0.5, 0.6) is 5.75 Å². The molecule has 0 bridgehead atoms. The molecule has 206 valence electrons. The van der Waals surface area contributed by atoms with Crippen molar-refractivity contribution in [3.8, 4) is 5.75 Å². The molecule has 11 nitrogen and oxygen atoms in total. The van der Waals surface area contributed by atoms with Crippen molar-refractivity contribution in [2.24, 2.45) is 5.92 Å². The molecule has 1 aliphatic heterocycles. The van der Waals surface area contributed by atoms with Gasteiger partial charge in [-0.05, 0) is 36.8 Å². The molecule has 3 rings (SSSR count). The highest BCUT2D eigenvalue weighted by Gasteiger charge is 2.40. The number of carbonyl (C=O) groups excluding carboxylic acids is 3. The summed E-state index contributed by atoms with van der Waals surface area (Å²) < 4.78 is 6.05. The summed E-state index contributed by atoms with van der Waals surface area (Å²) in [5.41, 5.74) is 0.652. The van der Waals surface area contributed by atoms with Gasteiger partial charge < -0.3 is 30.7 Å². The van der Waals surface area contributed by atoms with Crippen molar-refractivity contribution in [2.75, 3.05) is 12.8 Å². The van der Waals surface area contributed by atoms with E-state index in [2.05, 4.69) is 10.6 Å². The number of benzene rings is 1. The highest BCUT2D eigenvalue weighted by atomic mass is 32.2. The molecule has 0 fully saturated rings. The van der Waals surface area contributed by atoms with Crippen molar-refractivity contribution in [2.45, 2.75) is 64.7 Å². The van der Waals surface area contributed by atoms with Crippen molar-refractivity contribution in [1.29, 1.82) is 0 Å². The minimum absolute atomic E-state index is 0.0184. The number of phenols is 1. The molecule has 1 aromatic carbocycles. The molecule has 3 atom stereocenters. The van der Waals surface area contributed by atoms with Crippen LogP contribution in [0.1, 0.15) is 78.0 Å². The summed E-state index contributed by atoms with van der Waals surface area (Å²) in [7, 11) is 1.45. The third-order valence-corrected chi connectivity index (χ3v) is 7.59. The number of carbonyl (C=O) groups is 5. The van der Waals surface area contributed by atoms with E-state index in [-0.39, 0.29) is 46.1 Å². The number of aliphatic carboxylic acids is 2. The average molecular weight is 549 g/mol. The summed E-state index contributed by atoms with van der Waals surface area (Å²) in [6, 6.07) is 0.227. The zero-order valence-corrected chi connectivity index (χ0v) is 22.4. The first-order valence-corrected chi connectivity index (χ1v) is 13.2. The van der Waals surface area contributed by atoms with E-state index in [1.807, 2.05) is 13.8 Å². The minimum atomic E-state index is -1.30. The number of nitrogens with one attached hydrogen (secondary N) is 2. The van der Waals surface area contributed by atoms with Gasteiger partial charge in [-0.3, -0.25) is 19.2 Å². The Labute approximate surface area is 224 Å². The number of carboxylic acid groups (broad SMARTS) is 2. The first-order chi connectivity index (χ1) is 17.8. The molecular formula is C26H32N2O9S. The van der Waals surface area contributed by atoms with E-state index >= 15 is 0 Å². The number of thioether (sulfide) groups is 1. The summed E-state index contributed by atoms with van der Waals surface area (Å²) >= 11 is 0.796. The van der Waals surface area contributed by atoms with Gasteiger partial charge in [0.15, 0.2) is 0 Å². The molecule has 1 aromatic rings. The second kappa shape index (κ2) is 12.0. The molecule has 1 unspecified atom stereocenters. The van der Waals surface area contributed by atoms with Crippen LogP contribution in [0.15, 0.2) is 16.7 Å². The van der Waals surface area contributed by atoms with E-state index < -0.39 is 47.7 Å². The third-order valence-electron chi connectivity index (χ3n) is 6.41. The fourth-order valence-corrected chi connectivity index (χ4v) is 5.83. The monoisotopic (exact) mass is 548 g/mol. The maximum atomic E-state index is 13.6. The Morgan fingerprint density at radius 3 is 2.42 bits per heavy atom. The van der Waals surface area contributed by atoms with Gasteiger partial charge in [-0.25, -0.2) is 4.79 Å². The van der Waals surface area contributed by atoms with Crippen LogP contribution in [0.25, 0.3) is 0 Å². The minimum Gasteiger partial charge on any atom is -0.507 e. The highest BCUT2D eigenvalue weighted by Crippen LogP contribution is 2.46. The van der Waals surface area contributed by atoms with Gasteiger partial charge in [0.05, 0.1) is 29.1 Å². The number of allylic oxidation sites excluding steroid dienone is 2. The largest absolute Gasteiger partial charge is 0.507 e. The molecule has 0 spiro atoms. The number of phenolic OH excluding ortho intramolecular Hbond substituents is 1. The lowest BCUT2D eigenvalue weighted by Gasteiger charge is -2.34. The first-order valence-electron chi connectivity index (χ1n) is 12.3. The molecule has 1 amide bonds. The smallest absolute Gasteiger partial charge is 0.327 e. The zero-order chi connectivity index (χ0) is 28.3. The number of carboxylic acids is 2. The molecule has 38 heavy (non-hydrogen) atoms. The fraction of sp³-hybridized carbons (Fsp3) is 0.500. The molecule has 5 N–H and O–H groups in total. The fourth-order valence-electron chi connectivity index (χ4n) is 4.70. The van der Waals surface area contributed by atoms with Gasteiger partial charge in [0.1, 0.15) is 17.5 Å². The van der Waals surface area contributed by atoms with Crippen LogP contribution in [-0.2, 0) is 25.5 Å². The normalized spacial score (nSPS) is 19.6. The summed E-state index contributed by atoms with van der Waals surface area (Å²) in [6.45, 7) is 5.21. The summed E-state index contributed by atoms with van der Waals surface area (Å²) in [4.78, 5) is 61.3. The molecule has 0 aromatic heterocycles. The molecular weight excluding hydrogens is 516 g/mol. The van der Waals surface area contributed by atoms with Gasteiger partial charge in [-0.15, -0.1) is 11.8 Å². The van der Waals surface area contributed by atoms with Crippen molar-refractivity contribution in [3.63, 3.8) is 0 Å². The Balaban J connectivity index is 2.06. The van der Waals surface area contributed by atoms with E-state index in [4.69, 9.17) is 4.74 Å². The van der Waals surface area contributed by atoms with Crippen LogP contribution in [0.4, 0.5) is 0 Å². The summed E-state index contributed by atoms with van der Waals surface area (Å²) in [5.74, 6) is -4.42. The lowest BCUT2D eigenvalue weighted by molar-refractivity contribution is -0.142. The van der Waals surface area contributed by atoms with Crippen molar-refractivity contribution in [1.82, 2.24) is 10.6 Å². The van der Waals surface area contributed by atoms with Crippen LogP contribution in [-0.4, -0.2) is 69.7 Å². The molecule has 1 aliphatic carbocycles. The summed E-state index contributed by atoms with van der Waals surface area (Å²) in [5, 5.41) is 35.1. The number of likely N-dealkylation sites (N-methyl/N-ethyl adjacent to an activating group) is 1. The predicted octanol–water partition coefficient (Wildman–Crippen LogP) is 2.42. The molecule has 0 radical (unpaired) electrons. The van der Waals surface area contributed by atoms with Gasteiger partial charge in [0.25, 0.3) is 0 Å². The van der Waals surface area contributed by atoms with Gasteiger partial charge in [-0.1, -0.05) is 13.8 Å². The van der Waals surface area contributed by atoms with Gasteiger partial charge in [0, 0.05) is 30.9 Å². The van der Waals surface area contributed by atoms with Gasteiger partial charge in [0.2, 0.25) is 17.5 Å². The SMILES string of the molecule is CNC1=C(SCC(NC(C)=O)C(=O)O)C(=O)c2c(cc3c(c2O)[C@H](CCC(C)C)O[C@H](CC(=O)O)C3)C1=O. The zero-order valence-electron chi connectivity index (χ0n) is 21.6. The molecule has 0 saturated heterocycles. The maximum Gasteiger partial charge on any atom is 0.327 e. The number of aromatic hydroxyl groups is 1. The number of ketones is 2. The Hall–Kier alpha value is -3.38. The van der Waals surface area contributed by atoms with E-state index in [0.29, 0.717) is 23.5 Å². The first kappa shape index (κ1) is 29.2. The Morgan fingerprint density at radius 1 is 1.18 bits per heavy atom. The number of fused-ring (bicyclic) bond motifs is 2. The molecule has 0 saturated carbocycles. The third kappa shape index (κ3) is 6.18. The van der Waals surface area contributed by atoms with Crippen LogP contribution in [0, 0.1) is 5.92 Å². The lowest BCUT2D eigenvalue weighted by Crippen LogP contribution is -2.41. The van der Waals surface area contributed by atoms with Gasteiger partial charge >= 0.3 is 11.9 Å². The van der Waals surface area contributed by atoms with E-state index in [0.717, 1.165) is 18.2 Å². The van der Waals surface area contributed by atoms with Crippen LogP contribution in [0.3, 0.4) is 0 Å². The van der Waals surface area contributed by atoms with E-state index in [1.165, 1.54) is 20.0 Å². The van der Waals surface area contributed by atoms with Gasteiger partial charge in [-0.2, -0.15) is 0 Å². The second-order valence-electron chi connectivity index (χ2n) is 9.76. The quantitative estimate of drug-likeness (QED) is 0.274. The standard InChI is InChI=1S/C26H32N2O9S/c1-11(2)5-6-17-19-13(7-14(37-17)9-18(30)31)8-15-20(23(19)33)24(34)25(21(27-4)22(15)32)38-10-16(26(35)36)28-12(3)29/h8,11,14,16-17,27,33H,5-7,9-10H2,1-4H3,(H,28,29)(H,30,31)(H,35,36)/t14-,16?,17-/m0/s1. The van der Waals surface area contributed by atoms with Crippen LogP contribution < -0.4 is 10.6 Å². The lowest BCUT2D eigenvalue weighted by atomic mass is 9.82. The second-order valence-corrected chi connectivity index (χ2v) is 10.8. The van der Waals surface area contributed by atoms with Crippen molar-refractivity contribution < 1.29 is 44.0 Å². The Bertz CT molecular complexity index is 1210. The average Bonchev–Trinajstić information content (AvgIpc) is 2.81. The number of rotatable bonds is 11. The van der Waals surface area contributed by atoms with E-state index in [9.17, 15) is 39.3 Å². The Kier molecular flexibility index (Phi) is 9.21. The number of hydrogen-bond donors (Lipinski definition) is 5. The number of ether oxygens (including phenoxy) is 1. The highest BCUT2D eigenvalue weighted by molar-refractivity contribution is 8.04.